The van der Waals surface area contributed by atoms with Crippen LogP contribution in [0.4, 0.5) is 0 Å². The molecule has 1 aromatic carbocycles. The second-order valence-corrected chi connectivity index (χ2v) is 7.51. The molecule has 1 fully saturated rings. The molecule has 0 aliphatic carbocycles. The molecule has 2 N–H and O–H groups in total. The van der Waals surface area contributed by atoms with Crippen molar-refractivity contribution < 1.29 is 33.9 Å². The van der Waals surface area contributed by atoms with Crippen LogP contribution in [-0.2, 0) is 30.3 Å². The fourth-order valence-corrected chi connectivity index (χ4v) is 3.44. The number of hydrogen-bond donors (Lipinski definition) is 2. The van der Waals surface area contributed by atoms with E-state index in [1.54, 1.807) is 28.1 Å². The Morgan fingerprint density at radius 1 is 1.07 bits per heavy atom. The molecule has 0 bridgehead atoms. The van der Waals surface area contributed by atoms with Gasteiger partial charge >= 0.3 is 0 Å². The average molecular weight is 398 g/mol. The third-order valence-corrected chi connectivity index (χ3v) is 4.92. The zero-order chi connectivity index (χ0) is 20.6. The molecule has 1 saturated heterocycles. The lowest BCUT2D eigenvalue weighted by molar-refractivity contribution is -0.164. The molecule has 0 aromatic heterocycles. The number of benzene rings is 1. The van der Waals surface area contributed by atoms with Crippen molar-refractivity contribution in [2.75, 3.05) is 27.4 Å². The van der Waals surface area contributed by atoms with Gasteiger partial charge in [0.05, 0.1) is 25.4 Å². The first kappa shape index (κ1) is 23.2. The molecule has 7 nitrogen and oxygen atoms in total. The number of rotatable bonds is 12. The fraction of sp³-hybridized carbons (Fsp3) is 0.714. The molecular weight excluding hydrogens is 364 g/mol. The third kappa shape index (κ3) is 6.77. The summed E-state index contributed by atoms with van der Waals surface area (Å²) in [5, 5.41) is 19.5. The molecule has 1 aromatic rings. The van der Waals surface area contributed by atoms with Gasteiger partial charge in [-0.25, -0.2) is 0 Å². The fourth-order valence-electron chi connectivity index (χ4n) is 3.44. The van der Waals surface area contributed by atoms with Crippen molar-refractivity contribution in [3.05, 3.63) is 35.9 Å². The number of aliphatic hydroxyl groups excluding tert-OH is 2. The summed E-state index contributed by atoms with van der Waals surface area (Å²) in [5.41, 5.74) is 1.13. The molecule has 0 radical (unpaired) electrons. The van der Waals surface area contributed by atoms with Gasteiger partial charge in [-0.1, -0.05) is 30.3 Å². The van der Waals surface area contributed by atoms with Crippen LogP contribution in [0.15, 0.2) is 30.3 Å². The molecule has 1 aliphatic heterocycles. The van der Waals surface area contributed by atoms with Crippen molar-refractivity contribution in [3.63, 3.8) is 0 Å². The highest BCUT2D eigenvalue weighted by Gasteiger charge is 2.48. The topological polar surface area (TPSA) is 86.6 Å². The van der Waals surface area contributed by atoms with Gasteiger partial charge in [-0.3, -0.25) is 0 Å². The Bertz CT molecular complexity index is 551. The molecule has 5 atom stereocenters. The van der Waals surface area contributed by atoms with Crippen LogP contribution >= 0.6 is 0 Å². The Kier molecular flexibility index (Phi) is 9.30. The Hall–Kier alpha value is -1.06. The van der Waals surface area contributed by atoms with Gasteiger partial charge in [0.15, 0.2) is 5.79 Å². The van der Waals surface area contributed by atoms with E-state index in [9.17, 15) is 10.2 Å². The summed E-state index contributed by atoms with van der Waals surface area (Å²) in [6.07, 6.45) is -1.41. The van der Waals surface area contributed by atoms with Crippen LogP contribution in [0, 0.1) is 0 Å². The zero-order valence-electron chi connectivity index (χ0n) is 17.2. The molecule has 0 saturated carbocycles. The highest BCUT2D eigenvalue weighted by molar-refractivity contribution is 5.13. The van der Waals surface area contributed by atoms with Gasteiger partial charge in [0.2, 0.25) is 0 Å². The second-order valence-electron chi connectivity index (χ2n) is 7.51. The van der Waals surface area contributed by atoms with E-state index in [-0.39, 0.29) is 12.2 Å². The van der Waals surface area contributed by atoms with Crippen LogP contribution in [0.25, 0.3) is 0 Å². The van der Waals surface area contributed by atoms with Gasteiger partial charge in [0, 0.05) is 27.2 Å². The van der Waals surface area contributed by atoms with Gasteiger partial charge < -0.3 is 33.9 Å². The van der Waals surface area contributed by atoms with Crippen molar-refractivity contribution in [1.82, 2.24) is 0 Å². The summed E-state index contributed by atoms with van der Waals surface area (Å²) in [6, 6.07) is 10.0. The van der Waals surface area contributed by atoms with E-state index in [1.807, 2.05) is 30.3 Å². The summed E-state index contributed by atoms with van der Waals surface area (Å²) < 4.78 is 28.7. The second kappa shape index (κ2) is 11.2. The van der Waals surface area contributed by atoms with Gasteiger partial charge in [0.1, 0.15) is 18.3 Å². The zero-order valence-corrected chi connectivity index (χ0v) is 17.2. The summed E-state index contributed by atoms with van der Waals surface area (Å²) in [6.45, 7) is 4.27. The lowest BCUT2D eigenvalue weighted by Gasteiger charge is -2.29. The molecule has 160 valence electrons. The highest BCUT2D eigenvalue weighted by atomic mass is 16.8. The average Bonchev–Trinajstić information content (AvgIpc) is 3.03. The lowest BCUT2D eigenvalue weighted by atomic mass is 9.97. The monoisotopic (exact) mass is 398 g/mol. The predicted octanol–water partition coefficient (Wildman–Crippen LogP) is 1.89. The van der Waals surface area contributed by atoms with E-state index < -0.39 is 30.7 Å². The molecule has 2 rings (SSSR count). The first-order chi connectivity index (χ1) is 13.4. The maximum atomic E-state index is 10.1. The van der Waals surface area contributed by atoms with Gasteiger partial charge in [0.25, 0.3) is 0 Å². The van der Waals surface area contributed by atoms with E-state index in [4.69, 9.17) is 23.7 Å². The molecule has 1 unspecified atom stereocenters. The molecule has 1 aliphatic rings. The van der Waals surface area contributed by atoms with Crippen LogP contribution in [-0.4, -0.2) is 74.0 Å². The highest BCUT2D eigenvalue weighted by Crippen LogP contribution is 2.34. The SMILES string of the molecule is CO[C@H](CCOCc1ccccc1)C[C@@H](OC)[C@H]1OC(C)(C)O[C@@H]1C(O)CO. The van der Waals surface area contributed by atoms with Gasteiger partial charge in [-0.15, -0.1) is 0 Å². The number of methoxy groups -OCH3 is 2. The van der Waals surface area contributed by atoms with Gasteiger partial charge in [-0.2, -0.15) is 0 Å². The first-order valence-corrected chi connectivity index (χ1v) is 9.72. The molecule has 7 heteroatoms. The summed E-state index contributed by atoms with van der Waals surface area (Å²) >= 11 is 0. The van der Waals surface area contributed by atoms with Crippen molar-refractivity contribution >= 4 is 0 Å². The summed E-state index contributed by atoms with van der Waals surface area (Å²) in [7, 11) is 3.25. The van der Waals surface area contributed by atoms with Crippen LogP contribution < -0.4 is 0 Å². The largest absolute Gasteiger partial charge is 0.394 e. The minimum absolute atomic E-state index is 0.0973. The summed E-state index contributed by atoms with van der Waals surface area (Å²) in [4.78, 5) is 0. The Labute approximate surface area is 167 Å². The Morgan fingerprint density at radius 2 is 1.75 bits per heavy atom. The van der Waals surface area contributed by atoms with E-state index in [1.165, 1.54) is 0 Å². The van der Waals surface area contributed by atoms with Crippen molar-refractivity contribution in [2.24, 2.45) is 0 Å². The van der Waals surface area contributed by atoms with Crippen LogP contribution in [0.2, 0.25) is 0 Å². The van der Waals surface area contributed by atoms with Crippen LogP contribution in [0.1, 0.15) is 32.3 Å². The quantitative estimate of drug-likeness (QED) is 0.520. The number of hydrogen-bond acceptors (Lipinski definition) is 7. The standard InChI is InChI=1S/C21H34O7/c1-21(2)27-19(17(23)13-22)20(28-21)18(25-4)12-16(24-3)10-11-26-14-15-8-6-5-7-9-15/h5-9,16-20,22-23H,10-14H2,1-4H3/t16-,17?,18-,19-,20-/m1/s1. The predicted molar refractivity (Wildman–Crippen MR) is 104 cm³/mol. The molecule has 0 amide bonds. The Balaban J connectivity index is 1.87. The molecule has 0 spiro atoms. The third-order valence-electron chi connectivity index (χ3n) is 4.92. The molecule has 1 heterocycles. The molecule has 28 heavy (non-hydrogen) atoms. The van der Waals surface area contributed by atoms with E-state index >= 15 is 0 Å². The molecular formula is C21H34O7. The van der Waals surface area contributed by atoms with E-state index in [0.29, 0.717) is 26.1 Å². The number of ether oxygens (including phenoxy) is 5. The smallest absolute Gasteiger partial charge is 0.164 e. The van der Waals surface area contributed by atoms with Crippen molar-refractivity contribution in [3.8, 4) is 0 Å². The Morgan fingerprint density at radius 3 is 2.36 bits per heavy atom. The lowest BCUT2D eigenvalue weighted by Crippen LogP contribution is -2.45. The number of aliphatic hydroxyl groups is 2. The summed E-state index contributed by atoms with van der Waals surface area (Å²) in [5.74, 6) is -0.858. The maximum Gasteiger partial charge on any atom is 0.164 e. The first-order valence-electron chi connectivity index (χ1n) is 9.72. The van der Waals surface area contributed by atoms with Crippen molar-refractivity contribution in [1.29, 1.82) is 0 Å². The van der Waals surface area contributed by atoms with Gasteiger partial charge in [-0.05, 0) is 25.8 Å². The maximum absolute atomic E-state index is 10.1. The van der Waals surface area contributed by atoms with E-state index in [0.717, 1.165) is 5.56 Å². The normalized spacial score (nSPS) is 24.8. The minimum atomic E-state index is -1.04. The van der Waals surface area contributed by atoms with Crippen LogP contribution in [0.3, 0.4) is 0 Å². The van der Waals surface area contributed by atoms with Crippen LogP contribution in [0.5, 0.6) is 0 Å². The van der Waals surface area contributed by atoms with E-state index in [2.05, 4.69) is 0 Å². The minimum Gasteiger partial charge on any atom is -0.394 e. The van der Waals surface area contributed by atoms with Crippen molar-refractivity contribution in [2.45, 2.75) is 69.6 Å².